The van der Waals surface area contributed by atoms with Crippen molar-refractivity contribution in [3.05, 3.63) is 65.5 Å². The molecular weight excluding hydrogens is 548 g/mol. The van der Waals surface area contributed by atoms with Crippen molar-refractivity contribution >= 4 is 23.7 Å². The summed E-state index contributed by atoms with van der Waals surface area (Å²) in [4.78, 5) is 44.0. The first-order valence-electron chi connectivity index (χ1n) is 13.7. The van der Waals surface area contributed by atoms with Crippen molar-refractivity contribution in [2.24, 2.45) is 0 Å². The smallest absolute Gasteiger partial charge is 0.408 e. The number of hydrogen-bond acceptors (Lipinski definition) is 7. The molecule has 1 aromatic carbocycles. The van der Waals surface area contributed by atoms with Gasteiger partial charge in [-0.25, -0.2) is 18.6 Å². The van der Waals surface area contributed by atoms with E-state index in [2.05, 4.69) is 31.1 Å². The van der Waals surface area contributed by atoms with Gasteiger partial charge in [0.2, 0.25) is 5.91 Å². The average Bonchev–Trinajstić information content (AvgIpc) is 3.63. The quantitative estimate of drug-likeness (QED) is 0.286. The molecule has 0 saturated carbocycles. The van der Waals surface area contributed by atoms with Gasteiger partial charge in [-0.2, -0.15) is 5.10 Å². The maximum atomic E-state index is 15.1. The minimum Gasteiger partial charge on any atom is -0.444 e. The molecule has 1 atom stereocenters. The molecule has 0 spiro atoms. The van der Waals surface area contributed by atoms with E-state index >= 15 is 4.39 Å². The maximum Gasteiger partial charge on any atom is 0.408 e. The van der Waals surface area contributed by atoms with E-state index in [1.165, 1.54) is 24.5 Å². The third-order valence-electron chi connectivity index (χ3n) is 6.57. The fourth-order valence-corrected chi connectivity index (χ4v) is 4.64. The van der Waals surface area contributed by atoms with Crippen molar-refractivity contribution in [1.82, 2.24) is 30.7 Å². The summed E-state index contributed by atoms with van der Waals surface area (Å²) in [5.74, 6) is -1.77. The normalized spacial score (nSPS) is 14.9. The first-order chi connectivity index (χ1) is 20.0. The second-order valence-corrected chi connectivity index (χ2v) is 11.0. The Hall–Kier alpha value is -4.55. The zero-order valence-electron chi connectivity index (χ0n) is 23.8. The lowest BCUT2D eigenvalue weighted by Gasteiger charge is -2.26. The number of aromatic amines is 1. The molecule has 224 valence electrons. The van der Waals surface area contributed by atoms with Crippen molar-refractivity contribution in [3.8, 4) is 11.3 Å². The molecule has 4 N–H and O–H groups in total. The molecule has 42 heavy (non-hydrogen) atoms. The van der Waals surface area contributed by atoms with Crippen LogP contribution in [0.25, 0.3) is 11.3 Å². The number of anilines is 1. The van der Waals surface area contributed by atoms with Gasteiger partial charge in [-0.3, -0.25) is 14.7 Å². The van der Waals surface area contributed by atoms with Gasteiger partial charge in [0.05, 0.1) is 11.8 Å². The van der Waals surface area contributed by atoms with E-state index in [1.54, 1.807) is 37.8 Å². The number of alkyl carbamates (subject to hydrolysis) is 1. The largest absolute Gasteiger partial charge is 0.444 e. The summed E-state index contributed by atoms with van der Waals surface area (Å²) in [6.45, 7) is 5.87. The Morgan fingerprint density at radius 3 is 2.69 bits per heavy atom. The van der Waals surface area contributed by atoms with Gasteiger partial charge < -0.3 is 25.6 Å². The van der Waals surface area contributed by atoms with Crippen LogP contribution < -0.4 is 16.0 Å². The SMILES string of the molecule is CC(C)(C)OC(=O)NCC(=O)N1CCC[C@@H]1CNC(=O)c1cc(F)c(-c2cn[nH]c2)nc1NCCc1cccc(F)c1. The molecule has 3 aromatic rings. The zero-order chi connectivity index (χ0) is 30.3. The van der Waals surface area contributed by atoms with Crippen LogP contribution in [0.5, 0.6) is 0 Å². The molecule has 1 saturated heterocycles. The molecule has 0 aliphatic carbocycles. The lowest BCUT2D eigenvalue weighted by atomic mass is 10.1. The van der Waals surface area contributed by atoms with Gasteiger partial charge in [-0.15, -0.1) is 0 Å². The van der Waals surface area contributed by atoms with Crippen molar-refractivity contribution in [2.75, 3.05) is 31.5 Å². The van der Waals surface area contributed by atoms with E-state index in [0.717, 1.165) is 18.1 Å². The molecule has 1 aliphatic rings. The van der Waals surface area contributed by atoms with E-state index in [1.807, 2.05) is 0 Å². The number of H-pyrrole nitrogens is 1. The minimum atomic E-state index is -0.705. The number of amides is 3. The Balaban J connectivity index is 1.42. The topological polar surface area (TPSA) is 141 Å². The summed E-state index contributed by atoms with van der Waals surface area (Å²) >= 11 is 0. The monoisotopic (exact) mass is 583 g/mol. The summed E-state index contributed by atoms with van der Waals surface area (Å²) in [5, 5.41) is 14.8. The highest BCUT2D eigenvalue weighted by Crippen LogP contribution is 2.25. The number of pyridine rings is 1. The summed E-state index contributed by atoms with van der Waals surface area (Å²) in [7, 11) is 0. The summed E-state index contributed by atoms with van der Waals surface area (Å²) in [5.41, 5.74) is 0.469. The molecule has 2 aromatic heterocycles. The number of nitrogens with one attached hydrogen (secondary N) is 4. The third kappa shape index (κ3) is 8.24. The standard InChI is InChI=1S/C29H35F2N7O4/c1-29(2,3)42-28(41)34-17-24(39)38-11-5-8-21(38)16-33-27(40)22-13-23(31)25(19-14-35-36-15-19)37-26(22)32-10-9-18-6-4-7-20(30)12-18/h4,6-7,12-15,21H,5,8-11,16-17H2,1-3H3,(H,32,37)(H,33,40)(H,34,41)(H,35,36)/t21-/m1/s1. The molecule has 13 heteroatoms. The van der Waals surface area contributed by atoms with Crippen molar-refractivity contribution in [3.63, 3.8) is 0 Å². The van der Waals surface area contributed by atoms with Gasteiger partial charge in [0.1, 0.15) is 29.5 Å². The molecule has 4 rings (SSSR count). The van der Waals surface area contributed by atoms with Crippen LogP contribution in [0.2, 0.25) is 0 Å². The van der Waals surface area contributed by atoms with Crippen LogP contribution in [0.15, 0.2) is 42.7 Å². The van der Waals surface area contributed by atoms with Crippen LogP contribution >= 0.6 is 0 Å². The van der Waals surface area contributed by atoms with Crippen molar-refractivity contribution in [2.45, 2.75) is 51.7 Å². The van der Waals surface area contributed by atoms with E-state index in [9.17, 15) is 18.8 Å². The van der Waals surface area contributed by atoms with E-state index in [-0.39, 0.29) is 47.9 Å². The number of ether oxygens (including phenoxy) is 1. The van der Waals surface area contributed by atoms with Crippen LogP contribution in [0, 0.1) is 11.6 Å². The number of likely N-dealkylation sites (tertiary alicyclic amines) is 1. The number of nitrogens with zero attached hydrogens (tertiary/aromatic N) is 3. The molecule has 3 amide bonds. The van der Waals surface area contributed by atoms with Crippen LogP contribution in [-0.4, -0.2) is 75.8 Å². The summed E-state index contributed by atoms with van der Waals surface area (Å²) < 4.78 is 33.9. The van der Waals surface area contributed by atoms with Crippen molar-refractivity contribution in [1.29, 1.82) is 0 Å². The lowest BCUT2D eigenvalue weighted by molar-refractivity contribution is -0.131. The number of benzene rings is 1. The molecule has 1 fully saturated rings. The second kappa shape index (κ2) is 13.4. The predicted molar refractivity (Wildman–Crippen MR) is 152 cm³/mol. The Bertz CT molecular complexity index is 1410. The molecule has 0 bridgehead atoms. The Kier molecular flexibility index (Phi) is 9.71. The number of halogens is 2. The minimum absolute atomic E-state index is 0.0125. The average molecular weight is 584 g/mol. The highest BCUT2D eigenvalue weighted by atomic mass is 19.1. The molecule has 0 unspecified atom stereocenters. The highest BCUT2D eigenvalue weighted by molar-refractivity contribution is 5.99. The second-order valence-electron chi connectivity index (χ2n) is 11.0. The number of rotatable bonds is 10. The number of carbonyl (C=O) groups excluding carboxylic acids is 3. The van der Waals surface area contributed by atoms with Gasteiger partial charge in [0.25, 0.3) is 5.91 Å². The van der Waals surface area contributed by atoms with Crippen molar-refractivity contribution < 1.29 is 27.9 Å². The maximum absolute atomic E-state index is 15.1. The molecule has 11 nitrogen and oxygen atoms in total. The van der Waals surface area contributed by atoms with Crippen LogP contribution in [0.4, 0.5) is 19.4 Å². The summed E-state index contributed by atoms with van der Waals surface area (Å²) in [6, 6.07) is 6.98. The van der Waals surface area contributed by atoms with Gasteiger partial charge >= 0.3 is 6.09 Å². The number of carbonyl (C=O) groups is 3. The van der Waals surface area contributed by atoms with Crippen LogP contribution in [-0.2, 0) is 16.0 Å². The van der Waals surface area contributed by atoms with Gasteiger partial charge in [-0.1, -0.05) is 12.1 Å². The number of aromatic nitrogens is 3. The number of hydrogen-bond donors (Lipinski definition) is 4. The Morgan fingerprint density at radius 1 is 1.17 bits per heavy atom. The van der Waals surface area contributed by atoms with Crippen LogP contribution in [0.3, 0.4) is 0 Å². The van der Waals surface area contributed by atoms with Gasteiger partial charge in [0.15, 0.2) is 5.82 Å². The Labute approximate surface area is 242 Å². The lowest BCUT2D eigenvalue weighted by Crippen LogP contribution is -2.47. The highest BCUT2D eigenvalue weighted by Gasteiger charge is 2.30. The van der Waals surface area contributed by atoms with E-state index in [4.69, 9.17) is 4.74 Å². The zero-order valence-corrected chi connectivity index (χ0v) is 23.8. The first kappa shape index (κ1) is 30.4. The van der Waals surface area contributed by atoms with Gasteiger partial charge in [-0.05, 0) is 63.8 Å². The van der Waals surface area contributed by atoms with Gasteiger partial charge in [0, 0.05) is 37.4 Å². The van der Waals surface area contributed by atoms with Crippen LogP contribution in [0.1, 0.15) is 49.5 Å². The molecule has 3 heterocycles. The first-order valence-corrected chi connectivity index (χ1v) is 13.7. The predicted octanol–water partition coefficient (Wildman–Crippen LogP) is 3.65. The Morgan fingerprint density at radius 2 is 1.98 bits per heavy atom. The molecular formula is C29H35F2N7O4. The fraction of sp³-hybridized carbons (Fsp3) is 0.414. The van der Waals surface area contributed by atoms with E-state index < -0.39 is 23.4 Å². The molecule has 0 radical (unpaired) electrons. The third-order valence-corrected chi connectivity index (χ3v) is 6.57. The molecule has 1 aliphatic heterocycles. The fourth-order valence-electron chi connectivity index (χ4n) is 4.64. The summed E-state index contributed by atoms with van der Waals surface area (Å²) in [6.07, 6.45) is 4.06. The van der Waals surface area contributed by atoms with E-state index in [0.29, 0.717) is 31.5 Å².